The highest BCUT2D eigenvalue weighted by molar-refractivity contribution is 7.18. The minimum atomic E-state index is 0.510. The number of hydrogen-bond donors (Lipinski definition) is 0. The lowest BCUT2D eigenvalue weighted by molar-refractivity contribution is 0.890. The Morgan fingerprint density at radius 3 is 2.67 bits per heavy atom. The molecule has 3 rings (SSSR count). The second-order valence-corrected chi connectivity index (χ2v) is 6.45. The number of thiophene rings is 1. The Kier molecular flexibility index (Phi) is 3.16. The molecule has 1 fully saturated rings. The van der Waals surface area contributed by atoms with Crippen molar-refractivity contribution in [1.82, 2.24) is 9.97 Å². The van der Waals surface area contributed by atoms with Gasteiger partial charge in [0.25, 0.3) is 0 Å². The second-order valence-electron chi connectivity index (χ2n) is 5.03. The maximum atomic E-state index is 6.29. The van der Waals surface area contributed by atoms with Crippen LogP contribution in [0.4, 0.5) is 5.95 Å². The largest absolute Gasteiger partial charge is 0.341 e. The van der Waals surface area contributed by atoms with E-state index in [9.17, 15) is 0 Å². The fraction of sp³-hybridized carbons (Fsp3) is 0.538. The first-order valence-electron chi connectivity index (χ1n) is 6.37. The number of aromatic nitrogens is 2. The lowest BCUT2D eigenvalue weighted by Crippen LogP contribution is -2.20. The third-order valence-electron chi connectivity index (χ3n) is 3.31. The molecule has 3 nitrogen and oxygen atoms in total. The zero-order valence-electron chi connectivity index (χ0n) is 10.6. The standard InChI is InChI=1S/C13H16ClN3S/c1-8(2)10-7-9-11(14)15-13(16-12(9)18-10)17-5-3-4-6-17/h7-8H,3-6H2,1-2H3. The SMILES string of the molecule is CC(C)c1cc2c(Cl)nc(N3CCCC3)nc2s1. The highest BCUT2D eigenvalue weighted by Crippen LogP contribution is 2.34. The first-order chi connectivity index (χ1) is 8.65. The van der Waals surface area contributed by atoms with Crippen LogP contribution in [0.25, 0.3) is 10.2 Å². The molecule has 1 aliphatic heterocycles. The predicted molar refractivity (Wildman–Crippen MR) is 78.0 cm³/mol. The summed E-state index contributed by atoms with van der Waals surface area (Å²) in [5, 5.41) is 1.58. The molecule has 1 aliphatic rings. The summed E-state index contributed by atoms with van der Waals surface area (Å²) in [5.41, 5.74) is 0. The highest BCUT2D eigenvalue weighted by atomic mass is 35.5. The molecule has 3 heterocycles. The summed E-state index contributed by atoms with van der Waals surface area (Å²) in [6.07, 6.45) is 2.45. The summed E-state index contributed by atoms with van der Waals surface area (Å²) in [6.45, 7) is 6.47. The lowest BCUT2D eigenvalue weighted by Gasteiger charge is -2.14. The topological polar surface area (TPSA) is 29.0 Å². The molecular weight excluding hydrogens is 266 g/mol. The van der Waals surface area contributed by atoms with Crippen molar-refractivity contribution in [2.24, 2.45) is 0 Å². The van der Waals surface area contributed by atoms with Crippen molar-refractivity contribution >= 4 is 39.1 Å². The Morgan fingerprint density at radius 1 is 1.28 bits per heavy atom. The molecule has 18 heavy (non-hydrogen) atoms. The van der Waals surface area contributed by atoms with Crippen molar-refractivity contribution in [3.63, 3.8) is 0 Å². The zero-order valence-corrected chi connectivity index (χ0v) is 12.2. The van der Waals surface area contributed by atoms with E-state index in [4.69, 9.17) is 11.6 Å². The van der Waals surface area contributed by atoms with E-state index in [2.05, 4.69) is 34.8 Å². The van der Waals surface area contributed by atoms with Gasteiger partial charge >= 0.3 is 0 Å². The number of rotatable bonds is 2. The fourth-order valence-electron chi connectivity index (χ4n) is 2.24. The van der Waals surface area contributed by atoms with Crippen LogP contribution < -0.4 is 4.90 Å². The molecular formula is C13H16ClN3S. The predicted octanol–water partition coefficient (Wildman–Crippen LogP) is 4.07. The fourth-order valence-corrected chi connectivity index (χ4v) is 3.54. The van der Waals surface area contributed by atoms with Crippen molar-refractivity contribution in [1.29, 1.82) is 0 Å². The van der Waals surface area contributed by atoms with Gasteiger partial charge in [-0.2, -0.15) is 0 Å². The molecule has 0 amide bonds. The van der Waals surface area contributed by atoms with Gasteiger partial charge in [0.1, 0.15) is 9.98 Å². The van der Waals surface area contributed by atoms with Gasteiger partial charge in [0.15, 0.2) is 0 Å². The molecule has 0 N–H and O–H groups in total. The summed E-state index contributed by atoms with van der Waals surface area (Å²) in [7, 11) is 0. The molecule has 2 aromatic heterocycles. The van der Waals surface area contributed by atoms with Crippen LogP contribution in [-0.4, -0.2) is 23.1 Å². The van der Waals surface area contributed by atoms with E-state index in [0.29, 0.717) is 11.1 Å². The van der Waals surface area contributed by atoms with E-state index in [1.807, 2.05) is 0 Å². The first kappa shape index (κ1) is 12.2. The monoisotopic (exact) mass is 281 g/mol. The van der Waals surface area contributed by atoms with Gasteiger partial charge in [0.2, 0.25) is 5.95 Å². The minimum Gasteiger partial charge on any atom is -0.341 e. The Morgan fingerprint density at radius 2 is 2.00 bits per heavy atom. The van der Waals surface area contributed by atoms with Gasteiger partial charge in [0.05, 0.1) is 0 Å². The van der Waals surface area contributed by atoms with Crippen LogP contribution in [0.15, 0.2) is 6.07 Å². The van der Waals surface area contributed by atoms with Gasteiger partial charge in [-0.3, -0.25) is 0 Å². The van der Waals surface area contributed by atoms with Crippen LogP contribution >= 0.6 is 22.9 Å². The summed E-state index contributed by atoms with van der Waals surface area (Å²) in [5.74, 6) is 1.30. The number of fused-ring (bicyclic) bond motifs is 1. The van der Waals surface area contributed by atoms with Gasteiger partial charge in [-0.15, -0.1) is 11.3 Å². The number of nitrogens with zero attached hydrogens (tertiary/aromatic N) is 3. The number of halogens is 1. The number of anilines is 1. The Bertz CT molecular complexity index is 573. The molecule has 0 aromatic carbocycles. The maximum Gasteiger partial charge on any atom is 0.228 e. The molecule has 96 valence electrons. The Labute approximate surface area is 116 Å². The summed E-state index contributed by atoms with van der Waals surface area (Å²) >= 11 is 8.02. The Balaban J connectivity index is 2.08. The minimum absolute atomic E-state index is 0.510. The third kappa shape index (κ3) is 2.08. The van der Waals surface area contributed by atoms with Gasteiger partial charge in [-0.25, -0.2) is 9.97 Å². The Hall–Kier alpha value is -0.870. The van der Waals surface area contributed by atoms with Crippen LogP contribution in [0.5, 0.6) is 0 Å². The van der Waals surface area contributed by atoms with Gasteiger partial charge in [-0.1, -0.05) is 25.4 Å². The molecule has 0 unspecified atom stereocenters. The summed E-state index contributed by atoms with van der Waals surface area (Å²) in [6, 6.07) is 2.13. The molecule has 0 saturated carbocycles. The van der Waals surface area contributed by atoms with Crippen molar-refractivity contribution in [2.75, 3.05) is 18.0 Å². The van der Waals surface area contributed by atoms with Crippen LogP contribution in [0.3, 0.4) is 0 Å². The summed E-state index contributed by atoms with van der Waals surface area (Å²) < 4.78 is 0. The van der Waals surface area contributed by atoms with Gasteiger partial charge in [-0.05, 0) is 24.8 Å². The van der Waals surface area contributed by atoms with E-state index in [1.165, 1.54) is 17.7 Å². The average molecular weight is 282 g/mol. The molecule has 1 saturated heterocycles. The van der Waals surface area contributed by atoms with E-state index in [-0.39, 0.29) is 0 Å². The van der Waals surface area contributed by atoms with Crippen molar-refractivity contribution in [3.8, 4) is 0 Å². The van der Waals surface area contributed by atoms with Crippen LogP contribution in [-0.2, 0) is 0 Å². The lowest BCUT2D eigenvalue weighted by atomic mass is 10.2. The molecule has 0 spiro atoms. The quantitative estimate of drug-likeness (QED) is 0.777. The van der Waals surface area contributed by atoms with Crippen molar-refractivity contribution < 1.29 is 0 Å². The maximum absolute atomic E-state index is 6.29. The van der Waals surface area contributed by atoms with E-state index >= 15 is 0 Å². The van der Waals surface area contributed by atoms with Crippen LogP contribution in [0.2, 0.25) is 5.15 Å². The summed E-state index contributed by atoms with van der Waals surface area (Å²) in [4.78, 5) is 13.7. The number of hydrogen-bond acceptors (Lipinski definition) is 4. The van der Waals surface area contributed by atoms with Gasteiger partial charge < -0.3 is 4.90 Å². The smallest absolute Gasteiger partial charge is 0.228 e. The molecule has 5 heteroatoms. The zero-order chi connectivity index (χ0) is 12.7. The average Bonchev–Trinajstić information content (AvgIpc) is 2.97. The van der Waals surface area contributed by atoms with Gasteiger partial charge in [0, 0.05) is 23.4 Å². The first-order valence-corrected chi connectivity index (χ1v) is 7.56. The van der Waals surface area contributed by atoms with Crippen molar-refractivity contribution in [2.45, 2.75) is 32.6 Å². The normalized spacial score (nSPS) is 16.1. The molecule has 0 radical (unpaired) electrons. The highest BCUT2D eigenvalue weighted by Gasteiger charge is 2.18. The second kappa shape index (κ2) is 4.67. The van der Waals surface area contributed by atoms with E-state index in [1.54, 1.807) is 11.3 Å². The molecule has 0 bridgehead atoms. The molecule has 2 aromatic rings. The van der Waals surface area contributed by atoms with Crippen molar-refractivity contribution in [3.05, 3.63) is 16.1 Å². The van der Waals surface area contributed by atoms with E-state index < -0.39 is 0 Å². The van der Waals surface area contributed by atoms with Crippen LogP contribution in [0, 0.1) is 0 Å². The van der Waals surface area contributed by atoms with E-state index in [0.717, 1.165) is 29.3 Å². The third-order valence-corrected chi connectivity index (χ3v) is 4.93. The molecule has 0 atom stereocenters. The van der Waals surface area contributed by atoms with Crippen LogP contribution in [0.1, 0.15) is 37.5 Å². The molecule has 0 aliphatic carbocycles.